The van der Waals surface area contributed by atoms with Crippen molar-refractivity contribution in [1.29, 1.82) is 0 Å². The molecule has 0 aliphatic heterocycles. The van der Waals surface area contributed by atoms with Gasteiger partial charge in [0.2, 0.25) is 0 Å². The van der Waals surface area contributed by atoms with Crippen LogP contribution in [0.25, 0.3) is 0 Å². The first kappa shape index (κ1) is 14.5. The number of nitrogens with one attached hydrogen (secondary N) is 1. The Labute approximate surface area is 119 Å². The van der Waals surface area contributed by atoms with E-state index in [0.29, 0.717) is 6.54 Å². The maximum Gasteiger partial charge on any atom is 0.128 e. The van der Waals surface area contributed by atoms with Gasteiger partial charge in [0.05, 0.1) is 0 Å². The third-order valence-electron chi connectivity index (χ3n) is 3.25. The SMILES string of the molecule is CNCc1ccc(N(C)Cc2cccc(F)c2)nc1C. The first-order valence-corrected chi connectivity index (χ1v) is 6.67. The van der Waals surface area contributed by atoms with Gasteiger partial charge < -0.3 is 10.2 Å². The molecule has 20 heavy (non-hydrogen) atoms. The van der Waals surface area contributed by atoms with Gasteiger partial charge in [-0.3, -0.25) is 0 Å². The first-order valence-electron chi connectivity index (χ1n) is 6.67. The van der Waals surface area contributed by atoms with E-state index in [-0.39, 0.29) is 5.82 Å². The summed E-state index contributed by atoms with van der Waals surface area (Å²) < 4.78 is 13.2. The summed E-state index contributed by atoms with van der Waals surface area (Å²) in [6.45, 7) is 3.45. The molecule has 0 radical (unpaired) electrons. The molecule has 1 N–H and O–H groups in total. The molecule has 2 rings (SSSR count). The van der Waals surface area contributed by atoms with Crippen molar-refractivity contribution in [1.82, 2.24) is 10.3 Å². The van der Waals surface area contributed by atoms with E-state index in [2.05, 4.69) is 16.4 Å². The van der Waals surface area contributed by atoms with Crippen LogP contribution in [0.4, 0.5) is 10.2 Å². The fraction of sp³-hybridized carbons (Fsp3) is 0.312. The lowest BCUT2D eigenvalue weighted by atomic mass is 10.2. The molecule has 106 valence electrons. The van der Waals surface area contributed by atoms with Gasteiger partial charge in [-0.2, -0.15) is 0 Å². The Morgan fingerprint density at radius 1 is 1.25 bits per heavy atom. The van der Waals surface area contributed by atoms with Gasteiger partial charge >= 0.3 is 0 Å². The molecule has 0 bridgehead atoms. The quantitative estimate of drug-likeness (QED) is 0.908. The minimum atomic E-state index is -0.204. The minimum absolute atomic E-state index is 0.204. The highest BCUT2D eigenvalue weighted by atomic mass is 19.1. The van der Waals surface area contributed by atoms with Crippen LogP contribution in [0.1, 0.15) is 16.8 Å². The number of hydrogen-bond donors (Lipinski definition) is 1. The fourth-order valence-corrected chi connectivity index (χ4v) is 2.16. The molecule has 0 fully saturated rings. The van der Waals surface area contributed by atoms with Crippen molar-refractivity contribution in [2.45, 2.75) is 20.0 Å². The van der Waals surface area contributed by atoms with Crippen LogP contribution in [0.3, 0.4) is 0 Å². The Bertz CT molecular complexity index is 584. The highest BCUT2D eigenvalue weighted by Crippen LogP contribution is 2.16. The largest absolute Gasteiger partial charge is 0.355 e. The molecule has 4 heteroatoms. The topological polar surface area (TPSA) is 28.2 Å². The summed E-state index contributed by atoms with van der Waals surface area (Å²) in [5, 5.41) is 3.12. The number of rotatable bonds is 5. The lowest BCUT2D eigenvalue weighted by Gasteiger charge is -2.19. The summed E-state index contributed by atoms with van der Waals surface area (Å²) >= 11 is 0. The molecular formula is C16H20FN3. The van der Waals surface area contributed by atoms with Crippen LogP contribution in [0.15, 0.2) is 36.4 Å². The Kier molecular flexibility index (Phi) is 4.69. The molecule has 2 aromatic rings. The molecule has 1 aromatic heterocycles. The lowest BCUT2D eigenvalue weighted by Crippen LogP contribution is -2.18. The molecule has 1 aromatic carbocycles. The maximum atomic E-state index is 13.2. The van der Waals surface area contributed by atoms with Gasteiger partial charge in [0.15, 0.2) is 0 Å². The Balaban J connectivity index is 2.13. The van der Waals surface area contributed by atoms with E-state index in [4.69, 9.17) is 0 Å². The predicted octanol–water partition coefficient (Wildman–Crippen LogP) is 2.88. The van der Waals surface area contributed by atoms with Crippen LogP contribution >= 0.6 is 0 Å². The summed E-state index contributed by atoms with van der Waals surface area (Å²) in [4.78, 5) is 6.62. The number of anilines is 1. The Morgan fingerprint density at radius 2 is 2.05 bits per heavy atom. The second kappa shape index (κ2) is 6.48. The Morgan fingerprint density at radius 3 is 2.70 bits per heavy atom. The fourth-order valence-electron chi connectivity index (χ4n) is 2.16. The highest BCUT2D eigenvalue weighted by Gasteiger charge is 2.07. The molecule has 1 heterocycles. The lowest BCUT2D eigenvalue weighted by molar-refractivity contribution is 0.625. The average Bonchev–Trinajstić information content (AvgIpc) is 2.41. The van der Waals surface area contributed by atoms with Crippen molar-refractivity contribution in [2.75, 3.05) is 19.0 Å². The molecule has 0 atom stereocenters. The van der Waals surface area contributed by atoms with Gasteiger partial charge in [0, 0.05) is 25.8 Å². The van der Waals surface area contributed by atoms with Gasteiger partial charge in [-0.15, -0.1) is 0 Å². The van der Waals surface area contributed by atoms with Crippen LogP contribution < -0.4 is 10.2 Å². The second-order valence-electron chi connectivity index (χ2n) is 4.93. The van der Waals surface area contributed by atoms with E-state index in [1.54, 1.807) is 12.1 Å². The molecule has 0 unspecified atom stereocenters. The number of halogens is 1. The van der Waals surface area contributed by atoms with E-state index >= 15 is 0 Å². The zero-order valence-corrected chi connectivity index (χ0v) is 12.2. The standard InChI is InChI=1S/C16H20FN3/c1-12-14(10-18-2)7-8-16(19-12)20(3)11-13-5-4-6-15(17)9-13/h4-9,18H,10-11H2,1-3H3. The number of aryl methyl sites for hydroxylation is 1. The number of hydrogen-bond acceptors (Lipinski definition) is 3. The number of pyridine rings is 1. The number of aromatic nitrogens is 1. The Hall–Kier alpha value is -1.94. The summed E-state index contributed by atoms with van der Waals surface area (Å²) in [5.41, 5.74) is 3.14. The van der Waals surface area contributed by atoms with E-state index in [1.165, 1.54) is 11.6 Å². The van der Waals surface area contributed by atoms with Gasteiger partial charge in [0.25, 0.3) is 0 Å². The van der Waals surface area contributed by atoms with Crippen LogP contribution in [-0.2, 0) is 13.1 Å². The van der Waals surface area contributed by atoms with E-state index in [1.807, 2.05) is 38.1 Å². The first-order chi connectivity index (χ1) is 9.60. The summed E-state index contributed by atoms with van der Waals surface area (Å²) in [6, 6.07) is 10.7. The molecule has 0 spiro atoms. The number of nitrogens with zero attached hydrogens (tertiary/aromatic N) is 2. The summed E-state index contributed by atoms with van der Waals surface area (Å²) in [5.74, 6) is 0.691. The zero-order valence-electron chi connectivity index (χ0n) is 12.2. The van der Waals surface area contributed by atoms with Crippen LogP contribution in [-0.4, -0.2) is 19.1 Å². The summed E-state index contributed by atoms with van der Waals surface area (Å²) in [7, 11) is 3.88. The predicted molar refractivity (Wildman–Crippen MR) is 80.2 cm³/mol. The number of benzene rings is 1. The molecule has 0 aliphatic carbocycles. The summed E-state index contributed by atoms with van der Waals surface area (Å²) in [6.07, 6.45) is 0. The van der Waals surface area contributed by atoms with Gasteiger partial charge in [-0.05, 0) is 43.3 Å². The highest BCUT2D eigenvalue weighted by molar-refractivity contribution is 5.41. The van der Waals surface area contributed by atoms with Crippen LogP contribution in [0.5, 0.6) is 0 Å². The van der Waals surface area contributed by atoms with Crippen LogP contribution in [0.2, 0.25) is 0 Å². The smallest absolute Gasteiger partial charge is 0.128 e. The third-order valence-corrected chi connectivity index (χ3v) is 3.25. The molecule has 0 saturated carbocycles. The minimum Gasteiger partial charge on any atom is -0.355 e. The molecule has 0 amide bonds. The van der Waals surface area contributed by atoms with Crippen molar-refractivity contribution in [3.63, 3.8) is 0 Å². The third kappa shape index (κ3) is 3.54. The monoisotopic (exact) mass is 273 g/mol. The molecule has 0 aliphatic rings. The second-order valence-corrected chi connectivity index (χ2v) is 4.93. The molecule has 3 nitrogen and oxygen atoms in total. The van der Waals surface area contributed by atoms with Crippen molar-refractivity contribution in [3.8, 4) is 0 Å². The van der Waals surface area contributed by atoms with Crippen LogP contribution in [0, 0.1) is 12.7 Å². The average molecular weight is 273 g/mol. The molecular weight excluding hydrogens is 253 g/mol. The van der Waals surface area contributed by atoms with Crippen molar-refractivity contribution in [2.24, 2.45) is 0 Å². The van der Waals surface area contributed by atoms with E-state index < -0.39 is 0 Å². The van der Waals surface area contributed by atoms with Gasteiger partial charge in [0.1, 0.15) is 11.6 Å². The van der Waals surface area contributed by atoms with Crippen molar-refractivity contribution >= 4 is 5.82 Å². The van der Waals surface area contributed by atoms with E-state index in [0.717, 1.165) is 23.6 Å². The molecule has 0 saturated heterocycles. The van der Waals surface area contributed by atoms with Crippen molar-refractivity contribution < 1.29 is 4.39 Å². The van der Waals surface area contributed by atoms with Gasteiger partial charge in [-0.1, -0.05) is 18.2 Å². The normalized spacial score (nSPS) is 10.6. The van der Waals surface area contributed by atoms with Crippen molar-refractivity contribution in [3.05, 3.63) is 59.0 Å². The maximum absolute atomic E-state index is 13.2. The zero-order chi connectivity index (χ0) is 14.5. The van der Waals surface area contributed by atoms with Gasteiger partial charge in [-0.25, -0.2) is 9.37 Å². The van der Waals surface area contributed by atoms with E-state index in [9.17, 15) is 4.39 Å².